The number of hydrogen-bond donors (Lipinski definition) is 1. The molecule has 4 rings (SSSR count). The maximum absolute atomic E-state index is 13.3. The molecule has 34 heavy (non-hydrogen) atoms. The first-order chi connectivity index (χ1) is 16.7. The predicted molar refractivity (Wildman–Crippen MR) is 138 cm³/mol. The Kier molecular flexibility index (Phi) is 8.83. The third-order valence-electron chi connectivity index (χ3n) is 7.11. The van der Waals surface area contributed by atoms with Crippen LogP contribution in [0, 0.1) is 0 Å². The van der Waals surface area contributed by atoms with E-state index in [-0.39, 0.29) is 12.1 Å². The van der Waals surface area contributed by atoms with E-state index >= 15 is 0 Å². The average molecular weight is 465 g/mol. The molecule has 2 aromatic rings. The van der Waals surface area contributed by atoms with E-state index in [1.807, 2.05) is 35.2 Å². The molecule has 0 radical (unpaired) electrons. The average Bonchev–Trinajstić information content (AvgIpc) is 2.89. The second-order valence-electron chi connectivity index (χ2n) is 9.50. The van der Waals surface area contributed by atoms with Crippen LogP contribution >= 0.6 is 0 Å². The van der Waals surface area contributed by atoms with E-state index in [1.165, 1.54) is 29.8 Å². The smallest absolute Gasteiger partial charge is 0.410 e. The molecule has 0 bridgehead atoms. The molecule has 0 spiro atoms. The van der Waals surface area contributed by atoms with Crippen molar-refractivity contribution in [1.29, 1.82) is 0 Å². The second-order valence-corrected chi connectivity index (χ2v) is 9.50. The summed E-state index contributed by atoms with van der Waals surface area (Å²) in [7, 11) is 0. The predicted octanol–water partition coefficient (Wildman–Crippen LogP) is 4.58. The summed E-state index contributed by atoms with van der Waals surface area (Å²) in [5.41, 5.74) is 10.8. The van der Waals surface area contributed by atoms with Crippen molar-refractivity contribution in [2.45, 2.75) is 51.7 Å². The van der Waals surface area contributed by atoms with E-state index in [4.69, 9.17) is 10.5 Å². The van der Waals surface area contributed by atoms with Crippen LogP contribution in [0.1, 0.15) is 55.3 Å². The summed E-state index contributed by atoms with van der Waals surface area (Å²) >= 11 is 0. The number of hydrogen-bond acceptors (Lipinski definition) is 5. The number of anilines is 1. The molecule has 1 atom stereocenters. The number of rotatable bonds is 9. The molecule has 0 aromatic heterocycles. The van der Waals surface area contributed by atoms with Crippen molar-refractivity contribution in [1.82, 2.24) is 9.80 Å². The molecule has 2 aromatic carbocycles. The van der Waals surface area contributed by atoms with Crippen LogP contribution in [0.2, 0.25) is 0 Å². The van der Waals surface area contributed by atoms with Crippen LogP contribution in [0.3, 0.4) is 0 Å². The highest BCUT2D eigenvalue weighted by Gasteiger charge is 2.31. The molecule has 1 amide bonds. The van der Waals surface area contributed by atoms with Gasteiger partial charge in [-0.2, -0.15) is 0 Å². The Morgan fingerprint density at radius 3 is 2.65 bits per heavy atom. The van der Waals surface area contributed by atoms with Gasteiger partial charge >= 0.3 is 6.09 Å². The lowest BCUT2D eigenvalue weighted by molar-refractivity contribution is 0.0760. The largest absolute Gasteiger partial charge is 0.445 e. The summed E-state index contributed by atoms with van der Waals surface area (Å²) in [5, 5.41) is 0. The minimum atomic E-state index is -0.242. The van der Waals surface area contributed by atoms with E-state index in [0.717, 1.165) is 57.4 Å². The number of fused-ring (bicyclic) bond motifs is 1. The zero-order valence-corrected chi connectivity index (χ0v) is 20.6. The Balaban J connectivity index is 1.50. The lowest BCUT2D eigenvalue weighted by Crippen LogP contribution is -2.46. The van der Waals surface area contributed by atoms with Crippen molar-refractivity contribution in [3.8, 4) is 0 Å². The van der Waals surface area contributed by atoms with Crippen LogP contribution in [-0.4, -0.2) is 61.7 Å². The van der Waals surface area contributed by atoms with Gasteiger partial charge in [-0.1, -0.05) is 43.3 Å². The van der Waals surface area contributed by atoms with E-state index in [2.05, 4.69) is 34.9 Å². The van der Waals surface area contributed by atoms with Gasteiger partial charge in [-0.3, -0.25) is 4.90 Å². The lowest BCUT2D eigenvalue weighted by atomic mass is 9.86. The van der Waals surface area contributed by atoms with Crippen molar-refractivity contribution in [3.63, 3.8) is 0 Å². The van der Waals surface area contributed by atoms with Crippen molar-refractivity contribution < 1.29 is 9.53 Å². The van der Waals surface area contributed by atoms with E-state index in [9.17, 15) is 4.79 Å². The van der Waals surface area contributed by atoms with E-state index in [0.29, 0.717) is 19.7 Å². The Hall–Kier alpha value is -2.57. The Bertz CT molecular complexity index is 912. The SMILES string of the molecule is CCCN1CCN(c2ccc3c(c2)C(N(CCCN)C(=O)OCc2ccccc2)CCC3)CC1. The Morgan fingerprint density at radius 2 is 1.91 bits per heavy atom. The minimum absolute atomic E-state index is 0.0416. The fraction of sp³-hybridized carbons (Fsp3) is 0.536. The fourth-order valence-corrected chi connectivity index (χ4v) is 5.27. The number of piperazine rings is 1. The number of aryl methyl sites for hydroxylation is 1. The van der Waals surface area contributed by atoms with Gasteiger partial charge in [-0.05, 0) is 74.0 Å². The molecular weight excluding hydrogens is 424 g/mol. The molecular formula is C28H40N4O2. The third-order valence-corrected chi connectivity index (χ3v) is 7.11. The van der Waals surface area contributed by atoms with Gasteiger partial charge < -0.3 is 20.3 Å². The van der Waals surface area contributed by atoms with Crippen LogP contribution in [0.15, 0.2) is 48.5 Å². The summed E-state index contributed by atoms with van der Waals surface area (Å²) in [5.74, 6) is 0. The molecule has 1 heterocycles. The molecule has 6 nitrogen and oxygen atoms in total. The molecule has 0 saturated carbocycles. The van der Waals surface area contributed by atoms with Crippen LogP contribution < -0.4 is 10.6 Å². The van der Waals surface area contributed by atoms with Gasteiger partial charge in [0.05, 0.1) is 6.04 Å². The van der Waals surface area contributed by atoms with Crippen molar-refractivity contribution >= 4 is 11.8 Å². The number of nitrogens with two attached hydrogens (primary N) is 1. The standard InChI is InChI=1S/C28H40N4O2/c1-2-15-30-17-19-31(20-18-30)25-13-12-24-10-6-11-27(26(24)21-25)32(16-7-14-29)28(33)34-22-23-8-4-3-5-9-23/h3-5,8-9,12-13,21,27H,2,6-7,10-11,14-20,22,29H2,1H3. The lowest BCUT2D eigenvalue weighted by Gasteiger charge is -2.38. The van der Waals surface area contributed by atoms with Gasteiger partial charge in [0, 0.05) is 38.4 Å². The van der Waals surface area contributed by atoms with Crippen LogP contribution in [0.25, 0.3) is 0 Å². The monoisotopic (exact) mass is 464 g/mol. The number of carbonyl (C=O) groups is 1. The maximum Gasteiger partial charge on any atom is 0.410 e. The molecule has 2 N–H and O–H groups in total. The van der Waals surface area contributed by atoms with Crippen molar-refractivity contribution in [2.24, 2.45) is 5.73 Å². The minimum Gasteiger partial charge on any atom is -0.445 e. The number of carbonyl (C=O) groups excluding carboxylic acids is 1. The van der Waals surface area contributed by atoms with Crippen molar-refractivity contribution in [2.75, 3.05) is 50.7 Å². The van der Waals surface area contributed by atoms with E-state index in [1.54, 1.807) is 0 Å². The van der Waals surface area contributed by atoms with Gasteiger partial charge in [-0.15, -0.1) is 0 Å². The first-order valence-corrected chi connectivity index (χ1v) is 13.0. The summed E-state index contributed by atoms with van der Waals surface area (Å²) in [6.45, 7) is 9.24. The summed E-state index contributed by atoms with van der Waals surface area (Å²) < 4.78 is 5.77. The maximum atomic E-state index is 13.3. The first-order valence-electron chi connectivity index (χ1n) is 13.0. The highest BCUT2D eigenvalue weighted by Crippen LogP contribution is 2.37. The third kappa shape index (κ3) is 6.10. The zero-order valence-electron chi connectivity index (χ0n) is 20.6. The highest BCUT2D eigenvalue weighted by molar-refractivity contribution is 5.69. The molecule has 1 fully saturated rings. The number of nitrogens with zero attached hydrogens (tertiary/aromatic N) is 3. The first kappa shape index (κ1) is 24.6. The van der Waals surface area contributed by atoms with Gasteiger partial charge in [0.2, 0.25) is 0 Å². The molecule has 1 aliphatic carbocycles. The normalized spacial score (nSPS) is 18.4. The molecule has 1 saturated heterocycles. The quantitative estimate of drug-likeness (QED) is 0.588. The number of benzene rings is 2. The Labute approximate surface area is 204 Å². The van der Waals surface area contributed by atoms with Gasteiger partial charge in [-0.25, -0.2) is 4.79 Å². The molecule has 2 aliphatic rings. The van der Waals surface area contributed by atoms with Crippen molar-refractivity contribution in [3.05, 3.63) is 65.2 Å². The Morgan fingerprint density at radius 1 is 1.12 bits per heavy atom. The van der Waals surface area contributed by atoms with Gasteiger partial charge in [0.15, 0.2) is 0 Å². The number of amides is 1. The van der Waals surface area contributed by atoms with Crippen LogP contribution in [0.4, 0.5) is 10.5 Å². The summed E-state index contributed by atoms with van der Waals surface area (Å²) in [6, 6.07) is 16.8. The van der Waals surface area contributed by atoms with Gasteiger partial charge in [0.1, 0.15) is 6.61 Å². The summed E-state index contributed by atoms with van der Waals surface area (Å²) in [6.07, 6.45) is 4.85. The number of ether oxygens (including phenoxy) is 1. The summed E-state index contributed by atoms with van der Waals surface area (Å²) in [4.78, 5) is 20.2. The molecule has 184 valence electrons. The second kappa shape index (κ2) is 12.2. The highest BCUT2D eigenvalue weighted by atomic mass is 16.6. The van der Waals surface area contributed by atoms with Crippen LogP contribution in [-0.2, 0) is 17.8 Å². The fourth-order valence-electron chi connectivity index (χ4n) is 5.27. The van der Waals surface area contributed by atoms with Gasteiger partial charge in [0.25, 0.3) is 0 Å². The molecule has 1 aliphatic heterocycles. The van der Waals surface area contributed by atoms with E-state index < -0.39 is 0 Å². The zero-order chi connectivity index (χ0) is 23.8. The molecule has 6 heteroatoms. The van der Waals surface area contributed by atoms with Crippen LogP contribution in [0.5, 0.6) is 0 Å². The molecule has 1 unspecified atom stereocenters. The topological polar surface area (TPSA) is 62.0 Å².